The van der Waals surface area contributed by atoms with Crippen LogP contribution >= 0.6 is 0 Å². The van der Waals surface area contributed by atoms with E-state index in [9.17, 15) is 4.79 Å². The van der Waals surface area contributed by atoms with Gasteiger partial charge in [-0.2, -0.15) is 0 Å². The second kappa shape index (κ2) is 6.68. The number of nitrogens with two attached hydrogens (primary N) is 1. The molecule has 3 rings (SSSR count). The highest BCUT2D eigenvalue weighted by Gasteiger charge is 2.29. The number of aromatic nitrogens is 1. The summed E-state index contributed by atoms with van der Waals surface area (Å²) in [5.74, 6) is -0.124. The molecule has 1 aromatic carbocycles. The number of hydrogen-bond donors (Lipinski definition) is 2. The molecule has 22 heavy (non-hydrogen) atoms. The summed E-state index contributed by atoms with van der Waals surface area (Å²) < 4.78 is 5.61. The van der Waals surface area contributed by atoms with Gasteiger partial charge in [0.15, 0.2) is 0 Å². The number of ether oxygens (including phenoxy) is 1. The van der Waals surface area contributed by atoms with Crippen LogP contribution in [0.15, 0.2) is 48.7 Å². The van der Waals surface area contributed by atoms with Gasteiger partial charge in [0.2, 0.25) is 0 Å². The van der Waals surface area contributed by atoms with Crippen LogP contribution in [-0.2, 0) is 9.53 Å². The third-order valence-electron chi connectivity index (χ3n) is 3.76. The molecule has 1 aliphatic rings. The van der Waals surface area contributed by atoms with Gasteiger partial charge in [-0.05, 0) is 25.0 Å². The second-order valence-corrected chi connectivity index (χ2v) is 5.34. The number of anilines is 1. The largest absolute Gasteiger partial charge is 0.364 e. The zero-order chi connectivity index (χ0) is 15.4. The Morgan fingerprint density at radius 3 is 2.82 bits per heavy atom. The molecule has 0 spiro atoms. The highest BCUT2D eigenvalue weighted by atomic mass is 16.5. The van der Waals surface area contributed by atoms with Crippen molar-refractivity contribution in [1.82, 2.24) is 4.98 Å². The zero-order valence-corrected chi connectivity index (χ0v) is 12.2. The lowest BCUT2D eigenvalue weighted by atomic mass is 10.1. The van der Waals surface area contributed by atoms with Crippen LogP contribution in [0.3, 0.4) is 0 Å². The van der Waals surface area contributed by atoms with E-state index >= 15 is 0 Å². The molecule has 2 aromatic rings. The van der Waals surface area contributed by atoms with E-state index in [2.05, 4.69) is 10.3 Å². The molecule has 2 heterocycles. The molecule has 0 saturated carbocycles. The van der Waals surface area contributed by atoms with Crippen LogP contribution < -0.4 is 11.1 Å². The van der Waals surface area contributed by atoms with Crippen molar-refractivity contribution in [2.75, 3.05) is 11.9 Å². The molecule has 1 aromatic heterocycles. The fourth-order valence-corrected chi connectivity index (χ4v) is 2.57. The second-order valence-electron chi connectivity index (χ2n) is 5.34. The number of amides is 1. The van der Waals surface area contributed by atoms with Gasteiger partial charge in [-0.3, -0.25) is 9.78 Å². The topological polar surface area (TPSA) is 77.2 Å². The van der Waals surface area contributed by atoms with E-state index in [1.165, 1.54) is 0 Å². The lowest BCUT2D eigenvalue weighted by Crippen LogP contribution is -2.29. The van der Waals surface area contributed by atoms with Gasteiger partial charge in [0.05, 0.1) is 11.8 Å². The smallest absolute Gasteiger partial charge is 0.253 e. The molecule has 1 fully saturated rings. The maximum absolute atomic E-state index is 12.2. The standard InChI is InChI=1S/C17H19N3O2/c18-11-14-6-7-16(22-14)17(21)20-13-8-9-19-15(10-13)12-4-2-1-3-5-12/h1-5,8-10,14,16H,6-7,11,18H2,(H,19,20,21)/t14-,16+/m1/s1. The zero-order valence-electron chi connectivity index (χ0n) is 12.2. The number of nitrogens with zero attached hydrogens (tertiary/aromatic N) is 1. The van der Waals surface area contributed by atoms with Gasteiger partial charge in [0.25, 0.3) is 5.91 Å². The van der Waals surface area contributed by atoms with Crippen LogP contribution in [0.1, 0.15) is 12.8 Å². The average molecular weight is 297 g/mol. The minimum Gasteiger partial charge on any atom is -0.364 e. The van der Waals surface area contributed by atoms with Gasteiger partial charge in [-0.25, -0.2) is 0 Å². The summed E-state index contributed by atoms with van der Waals surface area (Å²) in [7, 11) is 0. The Morgan fingerprint density at radius 1 is 1.27 bits per heavy atom. The Labute approximate surface area is 129 Å². The van der Waals surface area contributed by atoms with Gasteiger partial charge in [-0.1, -0.05) is 30.3 Å². The van der Waals surface area contributed by atoms with Gasteiger partial charge >= 0.3 is 0 Å². The third-order valence-corrected chi connectivity index (χ3v) is 3.76. The van der Waals surface area contributed by atoms with E-state index in [0.717, 1.165) is 23.4 Å². The van der Waals surface area contributed by atoms with Crippen LogP contribution in [0.2, 0.25) is 0 Å². The first-order valence-electron chi connectivity index (χ1n) is 7.44. The Hall–Kier alpha value is -2.24. The predicted molar refractivity (Wildman–Crippen MR) is 85.3 cm³/mol. The summed E-state index contributed by atoms with van der Waals surface area (Å²) in [5, 5.41) is 2.89. The molecule has 1 amide bonds. The number of benzene rings is 1. The first-order valence-corrected chi connectivity index (χ1v) is 7.44. The van der Waals surface area contributed by atoms with Crippen molar-refractivity contribution in [3.63, 3.8) is 0 Å². The molecule has 0 unspecified atom stereocenters. The van der Waals surface area contributed by atoms with Gasteiger partial charge < -0.3 is 15.8 Å². The Kier molecular flexibility index (Phi) is 4.46. The summed E-state index contributed by atoms with van der Waals surface area (Å²) in [6.07, 6.45) is 2.82. The van der Waals surface area contributed by atoms with Crippen LogP contribution in [0, 0.1) is 0 Å². The molecule has 1 saturated heterocycles. The maximum Gasteiger partial charge on any atom is 0.253 e. The number of carbonyl (C=O) groups excluding carboxylic acids is 1. The van der Waals surface area contributed by atoms with E-state index in [-0.39, 0.29) is 12.0 Å². The van der Waals surface area contributed by atoms with Gasteiger partial charge in [-0.15, -0.1) is 0 Å². The van der Waals surface area contributed by atoms with Gasteiger partial charge in [0.1, 0.15) is 6.10 Å². The normalized spacial score (nSPS) is 20.8. The summed E-state index contributed by atoms with van der Waals surface area (Å²) in [6, 6.07) is 13.5. The summed E-state index contributed by atoms with van der Waals surface area (Å²) >= 11 is 0. The summed E-state index contributed by atoms with van der Waals surface area (Å²) in [6.45, 7) is 0.456. The number of nitrogens with one attached hydrogen (secondary N) is 1. The van der Waals surface area contributed by atoms with Crippen molar-refractivity contribution in [2.45, 2.75) is 25.0 Å². The summed E-state index contributed by atoms with van der Waals surface area (Å²) in [5.41, 5.74) is 8.13. The van der Waals surface area contributed by atoms with Gasteiger partial charge in [0, 0.05) is 24.0 Å². The maximum atomic E-state index is 12.2. The van der Waals surface area contributed by atoms with Crippen LogP contribution in [-0.4, -0.2) is 29.6 Å². The first kappa shape index (κ1) is 14.7. The number of rotatable bonds is 4. The Balaban J connectivity index is 1.70. The highest BCUT2D eigenvalue weighted by Crippen LogP contribution is 2.22. The van der Waals surface area contributed by atoms with E-state index in [4.69, 9.17) is 10.5 Å². The van der Waals surface area contributed by atoms with Crippen molar-refractivity contribution in [3.05, 3.63) is 48.7 Å². The van der Waals surface area contributed by atoms with Crippen molar-refractivity contribution in [3.8, 4) is 11.3 Å². The molecule has 2 atom stereocenters. The quantitative estimate of drug-likeness (QED) is 0.907. The fraction of sp³-hybridized carbons (Fsp3) is 0.294. The lowest BCUT2D eigenvalue weighted by Gasteiger charge is -2.13. The molecule has 114 valence electrons. The molecule has 1 aliphatic heterocycles. The monoisotopic (exact) mass is 297 g/mol. The average Bonchev–Trinajstić information content (AvgIpc) is 3.05. The minimum atomic E-state index is -0.415. The molecular formula is C17H19N3O2. The van der Waals surface area contributed by atoms with Crippen molar-refractivity contribution in [1.29, 1.82) is 0 Å². The van der Waals surface area contributed by atoms with Crippen LogP contribution in [0.5, 0.6) is 0 Å². The fourth-order valence-electron chi connectivity index (χ4n) is 2.57. The van der Waals surface area contributed by atoms with Crippen LogP contribution in [0.25, 0.3) is 11.3 Å². The molecule has 0 radical (unpaired) electrons. The predicted octanol–water partition coefficient (Wildman–Crippen LogP) is 2.19. The van der Waals surface area contributed by atoms with Crippen molar-refractivity contribution >= 4 is 11.6 Å². The molecule has 0 aliphatic carbocycles. The molecule has 3 N–H and O–H groups in total. The summed E-state index contributed by atoms with van der Waals surface area (Å²) in [4.78, 5) is 16.6. The van der Waals surface area contributed by atoms with E-state index in [0.29, 0.717) is 13.0 Å². The van der Waals surface area contributed by atoms with E-state index in [1.54, 1.807) is 12.3 Å². The minimum absolute atomic E-state index is 0.00642. The van der Waals surface area contributed by atoms with Crippen molar-refractivity contribution < 1.29 is 9.53 Å². The van der Waals surface area contributed by atoms with E-state index in [1.807, 2.05) is 36.4 Å². The van der Waals surface area contributed by atoms with E-state index < -0.39 is 6.10 Å². The molecular weight excluding hydrogens is 278 g/mol. The number of hydrogen-bond acceptors (Lipinski definition) is 4. The van der Waals surface area contributed by atoms with Crippen molar-refractivity contribution in [2.24, 2.45) is 5.73 Å². The highest BCUT2D eigenvalue weighted by molar-refractivity contribution is 5.94. The SMILES string of the molecule is NC[C@H]1CC[C@@H](C(=O)Nc2ccnc(-c3ccccc3)c2)O1. The van der Waals surface area contributed by atoms with Crippen LogP contribution in [0.4, 0.5) is 5.69 Å². The molecule has 0 bridgehead atoms. The number of pyridine rings is 1. The molecule has 5 nitrogen and oxygen atoms in total. The first-order chi connectivity index (χ1) is 10.8. The molecule has 5 heteroatoms. The third kappa shape index (κ3) is 3.32. The Bertz CT molecular complexity index is 645. The number of carbonyl (C=O) groups is 1. The lowest BCUT2D eigenvalue weighted by molar-refractivity contribution is -0.126. The Morgan fingerprint density at radius 2 is 2.09 bits per heavy atom.